The number of carbonyl (C=O) groups is 1. The highest BCUT2D eigenvalue weighted by molar-refractivity contribution is 5.69. The zero-order valence-corrected chi connectivity index (χ0v) is 12.1. The molecule has 1 N–H and O–H groups in total. The lowest BCUT2D eigenvalue weighted by Crippen LogP contribution is -2.23. The van der Waals surface area contributed by atoms with Gasteiger partial charge in [-0.05, 0) is 36.6 Å². The van der Waals surface area contributed by atoms with Gasteiger partial charge < -0.3 is 14.7 Å². The molecule has 1 atom stereocenters. The fourth-order valence-corrected chi connectivity index (χ4v) is 1.92. The third kappa shape index (κ3) is 4.16. The Labute approximate surface area is 115 Å². The Morgan fingerprint density at radius 2 is 2.16 bits per heavy atom. The molecule has 1 rings (SSSR count). The highest BCUT2D eigenvalue weighted by Gasteiger charge is 2.12. The van der Waals surface area contributed by atoms with Gasteiger partial charge in [0.05, 0.1) is 13.0 Å². The molecule has 0 amide bonds. The van der Waals surface area contributed by atoms with Gasteiger partial charge >= 0.3 is 5.97 Å². The van der Waals surface area contributed by atoms with Crippen LogP contribution in [-0.2, 0) is 11.2 Å². The number of anilines is 1. The molecule has 1 aromatic carbocycles. The van der Waals surface area contributed by atoms with E-state index in [0.29, 0.717) is 6.42 Å². The molecule has 4 nitrogen and oxygen atoms in total. The maximum Gasteiger partial charge on any atom is 0.306 e. The standard InChI is InChI=1S/C15H23NO3/c1-5-12-10-13(6-7-14(12)19-4)16(3)9-8-11(2)15(17)18/h6-7,10-11H,5,8-9H2,1-4H3,(H,17,18). The van der Waals surface area contributed by atoms with E-state index in [-0.39, 0.29) is 5.92 Å². The minimum absolute atomic E-state index is 0.314. The summed E-state index contributed by atoms with van der Waals surface area (Å²) in [7, 11) is 3.66. The molecule has 0 spiro atoms. The Hall–Kier alpha value is -1.71. The van der Waals surface area contributed by atoms with Crippen LogP contribution in [-0.4, -0.2) is 31.8 Å². The summed E-state index contributed by atoms with van der Waals surface area (Å²) < 4.78 is 5.30. The Morgan fingerprint density at radius 1 is 1.47 bits per heavy atom. The number of nitrogens with zero attached hydrogens (tertiary/aromatic N) is 1. The number of hydrogen-bond donors (Lipinski definition) is 1. The van der Waals surface area contributed by atoms with Crippen molar-refractivity contribution in [3.05, 3.63) is 23.8 Å². The number of aliphatic carboxylic acids is 1. The molecule has 0 fully saturated rings. The molecular weight excluding hydrogens is 242 g/mol. The first-order valence-corrected chi connectivity index (χ1v) is 6.60. The largest absolute Gasteiger partial charge is 0.496 e. The van der Waals surface area contributed by atoms with E-state index in [1.54, 1.807) is 14.0 Å². The molecule has 0 aromatic heterocycles. The molecule has 4 heteroatoms. The van der Waals surface area contributed by atoms with Crippen LogP contribution < -0.4 is 9.64 Å². The number of rotatable bonds is 7. The normalized spacial score (nSPS) is 12.0. The molecule has 1 unspecified atom stereocenters. The van der Waals surface area contributed by atoms with Crippen molar-refractivity contribution >= 4 is 11.7 Å². The van der Waals surface area contributed by atoms with Gasteiger partial charge in [0.2, 0.25) is 0 Å². The van der Waals surface area contributed by atoms with Crippen LogP contribution in [0.2, 0.25) is 0 Å². The van der Waals surface area contributed by atoms with Crippen LogP contribution in [0.1, 0.15) is 25.8 Å². The Bertz CT molecular complexity index is 431. The van der Waals surface area contributed by atoms with Gasteiger partial charge in [0.15, 0.2) is 0 Å². The van der Waals surface area contributed by atoms with E-state index < -0.39 is 5.97 Å². The molecule has 19 heavy (non-hydrogen) atoms. The second-order valence-electron chi connectivity index (χ2n) is 4.80. The number of carboxylic acids is 1. The van der Waals surface area contributed by atoms with Gasteiger partial charge in [-0.1, -0.05) is 13.8 Å². The molecule has 0 aliphatic carbocycles. The second-order valence-corrected chi connectivity index (χ2v) is 4.80. The van der Waals surface area contributed by atoms with Gasteiger partial charge in [-0.2, -0.15) is 0 Å². The Kier molecular flexibility index (Phi) is 5.67. The van der Waals surface area contributed by atoms with Crippen molar-refractivity contribution in [2.45, 2.75) is 26.7 Å². The van der Waals surface area contributed by atoms with E-state index in [9.17, 15) is 4.79 Å². The number of carboxylic acid groups (broad SMARTS) is 1. The van der Waals surface area contributed by atoms with Crippen LogP contribution in [0.15, 0.2) is 18.2 Å². The number of aryl methyl sites for hydroxylation is 1. The van der Waals surface area contributed by atoms with E-state index >= 15 is 0 Å². The number of methoxy groups -OCH3 is 1. The monoisotopic (exact) mass is 265 g/mol. The van der Waals surface area contributed by atoms with E-state index in [2.05, 4.69) is 17.9 Å². The average molecular weight is 265 g/mol. The predicted molar refractivity (Wildman–Crippen MR) is 77.1 cm³/mol. The minimum atomic E-state index is -0.739. The molecule has 0 bridgehead atoms. The van der Waals surface area contributed by atoms with Gasteiger partial charge in [-0.3, -0.25) is 4.79 Å². The highest BCUT2D eigenvalue weighted by atomic mass is 16.5. The van der Waals surface area contributed by atoms with Crippen LogP contribution in [0, 0.1) is 5.92 Å². The Morgan fingerprint density at radius 3 is 2.68 bits per heavy atom. The van der Waals surface area contributed by atoms with Crippen molar-refractivity contribution in [2.24, 2.45) is 5.92 Å². The Balaban J connectivity index is 2.71. The summed E-state index contributed by atoms with van der Waals surface area (Å²) in [5, 5.41) is 8.88. The smallest absolute Gasteiger partial charge is 0.306 e. The van der Waals surface area contributed by atoms with Crippen LogP contribution >= 0.6 is 0 Å². The molecule has 0 heterocycles. The van der Waals surface area contributed by atoms with E-state index in [1.165, 1.54) is 0 Å². The SMILES string of the molecule is CCc1cc(N(C)CCC(C)C(=O)O)ccc1OC. The fraction of sp³-hybridized carbons (Fsp3) is 0.533. The number of benzene rings is 1. The molecule has 0 aliphatic rings. The van der Waals surface area contributed by atoms with Gasteiger partial charge in [0.1, 0.15) is 5.75 Å². The van der Waals surface area contributed by atoms with Crippen molar-refractivity contribution in [1.82, 2.24) is 0 Å². The van der Waals surface area contributed by atoms with E-state index in [1.807, 2.05) is 19.2 Å². The minimum Gasteiger partial charge on any atom is -0.496 e. The summed E-state index contributed by atoms with van der Waals surface area (Å²) in [5.74, 6) is -0.151. The third-order valence-corrected chi connectivity index (χ3v) is 3.40. The van der Waals surface area contributed by atoms with Crippen molar-refractivity contribution < 1.29 is 14.6 Å². The summed E-state index contributed by atoms with van der Waals surface area (Å²) in [6.45, 7) is 4.55. The van der Waals surface area contributed by atoms with Crippen LogP contribution in [0.25, 0.3) is 0 Å². The summed E-state index contributed by atoms with van der Waals surface area (Å²) in [6, 6.07) is 6.07. The second kappa shape index (κ2) is 7.02. The highest BCUT2D eigenvalue weighted by Crippen LogP contribution is 2.25. The summed E-state index contributed by atoms with van der Waals surface area (Å²) in [4.78, 5) is 12.9. The first kappa shape index (κ1) is 15.3. The van der Waals surface area contributed by atoms with Crippen molar-refractivity contribution in [1.29, 1.82) is 0 Å². The van der Waals surface area contributed by atoms with Crippen molar-refractivity contribution in [3.63, 3.8) is 0 Å². The summed E-state index contributed by atoms with van der Waals surface area (Å²) >= 11 is 0. The molecule has 0 saturated heterocycles. The van der Waals surface area contributed by atoms with E-state index in [0.717, 1.165) is 30.0 Å². The lowest BCUT2D eigenvalue weighted by Gasteiger charge is -2.21. The first-order chi connectivity index (χ1) is 8.99. The van der Waals surface area contributed by atoms with Gasteiger partial charge in [0, 0.05) is 19.3 Å². The van der Waals surface area contributed by atoms with Crippen molar-refractivity contribution in [3.8, 4) is 5.75 Å². The summed E-state index contributed by atoms with van der Waals surface area (Å²) in [5.41, 5.74) is 2.26. The zero-order valence-electron chi connectivity index (χ0n) is 12.1. The molecule has 0 saturated carbocycles. The topological polar surface area (TPSA) is 49.8 Å². The van der Waals surface area contributed by atoms with Gasteiger partial charge in [-0.15, -0.1) is 0 Å². The lowest BCUT2D eigenvalue weighted by molar-refractivity contribution is -0.141. The van der Waals surface area contributed by atoms with Crippen LogP contribution in [0.5, 0.6) is 5.75 Å². The predicted octanol–water partition coefficient (Wildman–Crippen LogP) is 2.80. The molecule has 0 radical (unpaired) electrons. The first-order valence-electron chi connectivity index (χ1n) is 6.60. The quantitative estimate of drug-likeness (QED) is 0.823. The van der Waals surface area contributed by atoms with E-state index in [4.69, 9.17) is 9.84 Å². The average Bonchev–Trinajstić information content (AvgIpc) is 2.43. The van der Waals surface area contributed by atoms with Crippen LogP contribution in [0.4, 0.5) is 5.69 Å². The number of ether oxygens (including phenoxy) is 1. The van der Waals surface area contributed by atoms with Gasteiger partial charge in [0.25, 0.3) is 0 Å². The third-order valence-electron chi connectivity index (χ3n) is 3.40. The molecule has 106 valence electrons. The molecule has 0 aliphatic heterocycles. The maximum atomic E-state index is 10.8. The maximum absolute atomic E-state index is 10.8. The summed E-state index contributed by atoms with van der Waals surface area (Å²) in [6.07, 6.45) is 1.55. The van der Waals surface area contributed by atoms with Gasteiger partial charge in [-0.25, -0.2) is 0 Å². The molecule has 1 aromatic rings. The lowest BCUT2D eigenvalue weighted by atomic mass is 10.1. The van der Waals surface area contributed by atoms with Crippen LogP contribution in [0.3, 0.4) is 0 Å². The van der Waals surface area contributed by atoms with Crippen molar-refractivity contribution in [2.75, 3.05) is 25.6 Å². The molecular formula is C15H23NO3. The zero-order chi connectivity index (χ0) is 14.4. The fourth-order valence-electron chi connectivity index (χ4n) is 1.92. The number of hydrogen-bond acceptors (Lipinski definition) is 3.